The number of nitrogens with one attached hydrogen (secondary N) is 1. The molecule has 1 amide bonds. The summed E-state index contributed by atoms with van der Waals surface area (Å²) in [5.74, 6) is 2.07. The van der Waals surface area contributed by atoms with Crippen LogP contribution < -0.4 is 5.32 Å². The molecule has 0 saturated carbocycles. The molecule has 9 heteroatoms. The van der Waals surface area contributed by atoms with Crippen molar-refractivity contribution in [3.63, 3.8) is 0 Å². The minimum atomic E-state index is -0.0620. The third kappa shape index (κ3) is 5.28. The van der Waals surface area contributed by atoms with Crippen LogP contribution in [0.1, 0.15) is 22.4 Å². The van der Waals surface area contributed by atoms with E-state index in [1.807, 2.05) is 31.1 Å². The van der Waals surface area contributed by atoms with E-state index in [-0.39, 0.29) is 35.9 Å². The lowest BCUT2D eigenvalue weighted by Gasteiger charge is -2.36. The van der Waals surface area contributed by atoms with Crippen molar-refractivity contribution in [2.24, 2.45) is 4.99 Å². The number of likely N-dealkylation sites (N-methyl/N-ethyl adjacent to an activating group) is 1. The minimum Gasteiger partial charge on any atom is -0.468 e. The summed E-state index contributed by atoms with van der Waals surface area (Å²) in [5, 5.41) is 3.43. The van der Waals surface area contributed by atoms with Gasteiger partial charge in [-0.15, -0.1) is 24.0 Å². The third-order valence-corrected chi connectivity index (χ3v) is 4.76. The van der Waals surface area contributed by atoms with Crippen LogP contribution in [-0.2, 0) is 0 Å². The Morgan fingerprint density at radius 3 is 2.32 bits per heavy atom. The van der Waals surface area contributed by atoms with Crippen LogP contribution in [0, 0.1) is 0 Å². The zero-order valence-corrected chi connectivity index (χ0v) is 18.8. The highest BCUT2D eigenvalue weighted by atomic mass is 127. The largest absolute Gasteiger partial charge is 0.468 e. The summed E-state index contributed by atoms with van der Waals surface area (Å²) in [6.07, 6.45) is 3.21. The summed E-state index contributed by atoms with van der Waals surface area (Å²) in [4.78, 5) is 22.9. The van der Waals surface area contributed by atoms with Gasteiger partial charge in [-0.2, -0.15) is 0 Å². The fourth-order valence-corrected chi connectivity index (χ4v) is 3.22. The van der Waals surface area contributed by atoms with Gasteiger partial charge < -0.3 is 24.0 Å². The molecule has 0 radical (unpaired) electrons. The van der Waals surface area contributed by atoms with Crippen LogP contribution in [0.25, 0.3) is 0 Å². The standard InChI is InChI=1S/C19H27N5O3.HI/c1-20-19(21-14-15(22(2)3)16-6-4-12-26-16)24-10-8-23(9-11-24)18(25)17-7-5-13-27-17;/h4-7,12-13,15H,8-11,14H2,1-3H3,(H,20,21);1H. The van der Waals surface area contributed by atoms with Crippen molar-refractivity contribution in [2.75, 3.05) is 53.9 Å². The first kappa shape index (κ1) is 22.3. The molecule has 1 atom stereocenters. The molecule has 3 rings (SSSR count). The zero-order valence-electron chi connectivity index (χ0n) is 16.5. The first-order valence-corrected chi connectivity index (χ1v) is 9.08. The number of nitrogens with zero attached hydrogens (tertiary/aromatic N) is 4. The van der Waals surface area contributed by atoms with Gasteiger partial charge in [-0.05, 0) is 38.4 Å². The topological polar surface area (TPSA) is 77.5 Å². The second kappa shape index (κ2) is 10.5. The van der Waals surface area contributed by atoms with E-state index in [0.29, 0.717) is 25.4 Å². The van der Waals surface area contributed by atoms with Gasteiger partial charge in [-0.3, -0.25) is 14.7 Å². The van der Waals surface area contributed by atoms with Gasteiger partial charge in [0.15, 0.2) is 11.7 Å². The molecule has 1 saturated heterocycles. The average Bonchev–Trinajstić information content (AvgIpc) is 3.38. The highest BCUT2D eigenvalue weighted by Gasteiger charge is 2.26. The maximum absolute atomic E-state index is 12.4. The zero-order chi connectivity index (χ0) is 19.2. The van der Waals surface area contributed by atoms with Crippen molar-refractivity contribution in [3.05, 3.63) is 48.3 Å². The molecule has 0 aromatic carbocycles. The fraction of sp³-hybridized carbons (Fsp3) is 0.474. The molecule has 0 spiro atoms. The van der Waals surface area contributed by atoms with Gasteiger partial charge in [0.2, 0.25) is 0 Å². The monoisotopic (exact) mass is 501 g/mol. The lowest BCUT2D eigenvalue weighted by atomic mass is 10.2. The predicted molar refractivity (Wildman–Crippen MR) is 118 cm³/mol. The van der Waals surface area contributed by atoms with Crippen LogP contribution in [0.2, 0.25) is 0 Å². The molecule has 8 nitrogen and oxygen atoms in total. The second-order valence-electron chi connectivity index (χ2n) is 6.68. The lowest BCUT2D eigenvalue weighted by molar-refractivity contribution is 0.0657. The maximum Gasteiger partial charge on any atom is 0.289 e. The van der Waals surface area contributed by atoms with Crippen molar-refractivity contribution in [1.82, 2.24) is 20.0 Å². The number of furan rings is 2. The molecule has 2 aromatic heterocycles. The summed E-state index contributed by atoms with van der Waals surface area (Å²) >= 11 is 0. The van der Waals surface area contributed by atoms with E-state index in [0.717, 1.165) is 24.8 Å². The number of aliphatic imine (C=N–C) groups is 1. The predicted octanol–water partition coefficient (Wildman–Crippen LogP) is 2.13. The second-order valence-corrected chi connectivity index (χ2v) is 6.68. The highest BCUT2D eigenvalue weighted by Crippen LogP contribution is 2.18. The summed E-state index contributed by atoms with van der Waals surface area (Å²) in [6, 6.07) is 7.42. The van der Waals surface area contributed by atoms with Crippen LogP contribution in [0.3, 0.4) is 0 Å². The Kier molecular flexibility index (Phi) is 8.36. The number of amides is 1. The Morgan fingerprint density at radius 1 is 1.14 bits per heavy atom. The molecule has 1 fully saturated rings. The van der Waals surface area contributed by atoms with Crippen LogP contribution in [0.5, 0.6) is 0 Å². The Hall–Kier alpha value is -2.01. The number of halogens is 1. The Labute approximate surface area is 182 Å². The van der Waals surface area contributed by atoms with Gasteiger partial charge in [0.25, 0.3) is 5.91 Å². The van der Waals surface area contributed by atoms with E-state index in [1.165, 1.54) is 6.26 Å². The van der Waals surface area contributed by atoms with Gasteiger partial charge in [0.1, 0.15) is 5.76 Å². The molecule has 2 aromatic rings. The minimum absolute atomic E-state index is 0. The highest BCUT2D eigenvalue weighted by molar-refractivity contribution is 14.0. The van der Waals surface area contributed by atoms with E-state index >= 15 is 0 Å². The molecule has 1 unspecified atom stereocenters. The van der Waals surface area contributed by atoms with Crippen LogP contribution in [0.15, 0.2) is 50.6 Å². The molecule has 154 valence electrons. The first-order valence-electron chi connectivity index (χ1n) is 9.08. The summed E-state index contributed by atoms with van der Waals surface area (Å²) < 4.78 is 10.8. The number of carbonyl (C=O) groups is 1. The maximum atomic E-state index is 12.4. The van der Waals surface area contributed by atoms with Crippen molar-refractivity contribution < 1.29 is 13.6 Å². The van der Waals surface area contributed by atoms with E-state index in [4.69, 9.17) is 8.83 Å². The fourth-order valence-electron chi connectivity index (χ4n) is 3.22. The quantitative estimate of drug-likeness (QED) is 0.385. The van der Waals surface area contributed by atoms with E-state index in [9.17, 15) is 4.79 Å². The number of guanidine groups is 1. The van der Waals surface area contributed by atoms with Crippen LogP contribution in [0.4, 0.5) is 0 Å². The molecule has 1 N–H and O–H groups in total. The average molecular weight is 501 g/mol. The summed E-state index contributed by atoms with van der Waals surface area (Å²) in [7, 11) is 5.83. The molecule has 1 aliphatic heterocycles. The molecule has 1 aliphatic rings. The number of carbonyl (C=O) groups excluding carboxylic acids is 1. The number of rotatable bonds is 5. The molecular weight excluding hydrogens is 473 g/mol. The lowest BCUT2D eigenvalue weighted by Crippen LogP contribution is -2.54. The van der Waals surface area contributed by atoms with Crippen LogP contribution in [-0.4, -0.2) is 80.4 Å². The third-order valence-electron chi connectivity index (χ3n) is 4.76. The van der Waals surface area contributed by atoms with E-state index < -0.39 is 0 Å². The van der Waals surface area contributed by atoms with Crippen molar-refractivity contribution >= 4 is 35.8 Å². The van der Waals surface area contributed by atoms with Gasteiger partial charge in [-0.1, -0.05) is 0 Å². The molecule has 0 bridgehead atoms. The Bertz CT molecular complexity index is 738. The number of hydrogen-bond donors (Lipinski definition) is 1. The van der Waals surface area contributed by atoms with Crippen molar-refractivity contribution in [3.8, 4) is 0 Å². The number of piperazine rings is 1. The summed E-state index contributed by atoms with van der Waals surface area (Å²) in [6.45, 7) is 3.39. The Morgan fingerprint density at radius 2 is 1.79 bits per heavy atom. The normalized spacial score (nSPS) is 16.1. The molecular formula is C19H28IN5O3. The van der Waals surface area contributed by atoms with E-state index in [1.54, 1.807) is 25.4 Å². The van der Waals surface area contributed by atoms with E-state index in [2.05, 4.69) is 20.1 Å². The molecule has 0 aliphatic carbocycles. The van der Waals surface area contributed by atoms with Crippen molar-refractivity contribution in [1.29, 1.82) is 0 Å². The van der Waals surface area contributed by atoms with Gasteiger partial charge in [0, 0.05) is 39.8 Å². The molecule has 28 heavy (non-hydrogen) atoms. The SMILES string of the molecule is CN=C(NCC(c1ccco1)N(C)C)N1CCN(C(=O)c2ccco2)CC1.I. The van der Waals surface area contributed by atoms with Crippen molar-refractivity contribution in [2.45, 2.75) is 6.04 Å². The molecule has 3 heterocycles. The number of hydrogen-bond acceptors (Lipinski definition) is 5. The first-order chi connectivity index (χ1) is 13.1. The Balaban J connectivity index is 0.00000280. The smallest absolute Gasteiger partial charge is 0.289 e. The van der Waals surface area contributed by atoms with Gasteiger partial charge >= 0.3 is 0 Å². The summed E-state index contributed by atoms with van der Waals surface area (Å²) in [5.41, 5.74) is 0. The van der Waals surface area contributed by atoms with Crippen LogP contribution >= 0.6 is 24.0 Å². The van der Waals surface area contributed by atoms with Gasteiger partial charge in [0.05, 0.1) is 18.6 Å². The van der Waals surface area contributed by atoms with Gasteiger partial charge in [-0.25, -0.2) is 0 Å².